The van der Waals surface area contributed by atoms with Crippen LogP contribution in [0.3, 0.4) is 0 Å². The van der Waals surface area contributed by atoms with Gasteiger partial charge >= 0.3 is 0 Å². The number of carbonyl (C=O) groups is 2. The molecule has 1 aromatic heterocycles. The van der Waals surface area contributed by atoms with Gasteiger partial charge in [0.2, 0.25) is 5.91 Å². The van der Waals surface area contributed by atoms with Crippen molar-refractivity contribution in [3.05, 3.63) is 76.5 Å². The molecule has 0 bridgehead atoms. The van der Waals surface area contributed by atoms with Crippen molar-refractivity contribution in [3.63, 3.8) is 0 Å². The predicted octanol–water partition coefficient (Wildman–Crippen LogP) is 4.28. The third-order valence-corrected chi connectivity index (χ3v) is 6.46. The summed E-state index contributed by atoms with van der Waals surface area (Å²) in [7, 11) is 0. The molecule has 0 spiro atoms. The van der Waals surface area contributed by atoms with Gasteiger partial charge in [-0.25, -0.2) is 4.68 Å². The molecule has 2 amide bonds. The van der Waals surface area contributed by atoms with E-state index in [0.29, 0.717) is 12.1 Å². The van der Waals surface area contributed by atoms with E-state index in [1.807, 2.05) is 29.9 Å². The highest BCUT2D eigenvalue weighted by atomic mass is 16.2. The molecule has 1 N–H and O–H groups in total. The molecule has 0 fully saturated rings. The van der Waals surface area contributed by atoms with Gasteiger partial charge in [-0.1, -0.05) is 24.3 Å². The van der Waals surface area contributed by atoms with Crippen LogP contribution in [0.15, 0.2) is 48.7 Å². The summed E-state index contributed by atoms with van der Waals surface area (Å²) in [6.07, 6.45) is 5.78. The summed E-state index contributed by atoms with van der Waals surface area (Å²) in [5.41, 5.74) is 6.13. The Labute approximate surface area is 181 Å². The minimum absolute atomic E-state index is 0.0308. The van der Waals surface area contributed by atoms with Crippen molar-refractivity contribution in [1.82, 2.24) is 9.78 Å². The van der Waals surface area contributed by atoms with Crippen LogP contribution in [0.1, 0.15) is 58.4 Å². The van der Waals surface area contributed by atoms with Crippen LogP contribution in [0.5, 0.6) is 0 Å². The van der Waals surface area contributed by atoms with Crippen molar-refractivity contribution in [1.29, 1.82) is 0 Å². The number of hydrogen-bond donors (Lipinski definition) is 1. The average Bonchev–Trinajstić information content (AvgIpc) is 3.36. The monoisotopic (exact) mass is 414 g/mol. The summed E-state index contributed by atoms with van der Waals surface area (Å²) >= 11 is 0. The molecule has 0 saturated carbocycles. The molecule has 3 aromatic rings. The number of nitrogens with zero attached hydrogens (tertiary/aromatic N) is 3. The van der Waals surface area contributed by atoms with Gasteiger partial charge in [0, 0.05) is 30.3 Å². The zero-order valence-corrected chi connectivity index (χ0v) is 17.9. The Hall–Kier alpha value is -3.41. The molecule has 6 nitrogen and oxygen atoms in total. The van der Waals surface area contributed by atoms with E-state index >= 15 is 0 Å². The van der Waals surface area contributed by atoms with Gasteiger partial charge in [0.1, 0.15) is 5.82 Å². The second kappa shape index (κ2) is 7.69. The van der Waals surface area contributed by atoms with E-state index in [2.05, 4.69) is 34.7 Å². The minimum atomic E-state index is -0.155. The molecular formula is C25H26N4O2. The van der Waals surface area contributed by atoms with Crippen molar-refractivity contribution in [2.24, 2.45) is 0 Å². The number of anilines is 2. The first-order valence-corrected chi connectivity index (χ1v) is 10.9. The quantitative estimate of drug-likeness (QED) is 0.696. The maximum atomic E-state index is 13.1. The Kier molecular flexibility index (Phi) is 4.85. The molecule has 2 heterocycles. The highest BCUT2D eigenvalue weighted by molar-refractivity contribution is 6.05. The predicted molar refractivity (Wildman–Crippen MR) is 121 cm³/mol. The van der Waals surface area contributed by atoms with Crippen LogP contribution in [0.4, 0.5) is 11.5 Å². The first-order valence-electron chi connectivity index (χ1n) is 10.9. The van der Waals surface area contributed by atoms with Gasteiger partial charge in [-0.2, -0.15) is 5.10 Å². The van der Waals surface area contributed by atoms with Crippen LogP contribution in [-0.2, 0) is 17.6 Å². The number of nitrogens with one attached hydrogen (secondary N) is 1. The standard InChI is InChI=1S/C25H26N4O2/c1-16-15-26-29(23-9-5-7-18-6-3-4-8-21(18)23)24(16)27-25(31)20-10-11-22-19(14-20)12-13-28(22)17(2)30/h3-4,6,8,10-11,14-15,23H,5,7,9,12-13H2,1-2H3,(H,27,31). The zero-order valence-electron chi connectivity index (χ0n) is 17.9. The number of carbonyl (C=O) groups excluding carboxylic acids is 2. The minimum Gasteiger partial charge on any atom is -0.312 e. The van der Waals surface area contributed by atoms with Crippen molar-refractivity contribution < 1.29 is 9.59 Å². The number of aromatic nitrogens is 2. The molecule has 1 atom stereocenters. The second-order valence-electron chi connectivity index (χ2n) is 8.45. The first kappa shape index (κ1) is 19.5. The summed E-state index contributed by atoms with van der Waals surface area (Å²) in [5.74, 6) is 0.624. The van der Waals surface area contributed by atoms with E-state index in [1.54, 1.807) is 17.9 Å². The molecule has 2 aliphatic rings. The lowest BCUT2D eigenvalue weighted by atomic mass is 9.88. The van der Waals surface area contributed by atoms with Gasteiger partial charge in [-0.05, 0) is 67.5 Å². The number of amides is 2. The van der Waals surface area contributed by atoms with Gasteiger partial charge in [0.15, 0.2) is 0 Å². The van der Waals surface area contributed by atoms with E-state index in [9.17, 15) is 9.59 Å². The van der Waals surface area contributed by atoms with Crippen molar-refractivity contribution >= 4 is 23.3 Å². The largest absolute Gasteiger partial charge is 0.312 e. The van der Waals surface area contributed by atoms with Crippen LogP contribution in [0, 0.1) is 6.92 Å². The van der Waals surface area contributed by atoms with Gasteiger partial charge in [-0.15, -0.1) is 0 Å². The number of aryl methyl sites for hydroxylation is 2. The summed E-state index contributed by atoms with van der Waals surface area (Å²) in [6.45, 7) is 4.22. The van der Waals surface area contributed by atoms with E-state index in [4.69, 9.17) is 0 Å². The molecular weight excluding hydrogens is 388 g/mol. The fraction of sp³-hybridized carbons (Fsp3) is 0.320. The molecule has 5 rings (SSSR count). The molecule has 1 unspecified atom stereocenters. The van der Waals surface area contributed by atoms with E-state index in [1.165, 1.54) is 11.1 Å². The lowest BCUT2D eigenvalue weighted by molar-refractivity contribution is -0.116. The third-order valence-electron chi connectivity index (χ3n) is 6.46. The van der Waals surface area contributed by atoms with Gasteiger partial charge in [0.05, 0.1) is 12.2 Å². The summed E-state index contributed by atoms with van der Waals surface area (Å²) in [5, 5.41) is 7.74. The van der Waals surface area contributed by atoms with Crippen LogP contribution >= 0.6 is 0 Å². The molecule has 0 saturated heterocycles. The number of rotatable bonds is 3. The normalized spacial score (nSPS) is 17.2. The molecule has 31 heavy (non-hydrogen) atoms. The van der Waals surface area contributed by atoms with E-state index < -0.39 is 0 Å². The van der Waals surface area contributed by atoms with E-state index in [0.717, 1.165) is 48.3 Å². The SMILES string of the molecule is CC(=O)N1CCc2cc(C(=O)Nc3c(C)cnn3C3CCCc4ccccc43)ccc21. The fourth-order valence-electron chi connectivity index (χ4n) is 4.87. The van der Waals surface area contributed by atoms with Crippen LogP contribution < -0.4 is 10.2 Å². The maximum absolute atomic E-state index is 13.1. The number of fused-ring (bicyclic) bond motifs is 2. The van der Waals surface area contributed by atoms with Crippen molar-refractivity contribution in [3.8, 4) is 0 Å². The molecule has 0 radical (unpaired) electrons. The Morgan fingerprint density at radius 3 is 2.77 bits per heavy atom. The van der Waals surface area contributed by atoms with Crippen LogP contribution in [0.2, 0.25) is 0 Å². The van der Waals surface area contributed by atoms with Crippen LogP contribution in [-0.4, -0.2) is 28.1 Å². The summed E-state index contributed by atoms with van der Waals surface area (Å²) < 4.78 is 1.97. The topological polar surface area (TPSA) is 67.2 Å². The summed E-state index contributed by atoms with van der Waals surface area (Å²) in [6, 6.07) is 14.2. The number of hydrogen-bond acceptors (Lipinski definition) is 3. The Balaban J connectivity index is 1.43. The number of benzene rings is 2. The molecule has 1 aliphatic heterocycles. The molecule has 1 aliphatic carbocycles. The highest BCUT2D eigenvalue weighted by Crippen LogP contribution is 2.35. The first-order chi connectivity index (χ1) is 15.0. The molecule has 158 valence electrons. The fourth-order valence-corrected chi connectivity index (χ4v) is 4.87. The highest BCUT2D eigenvalue weighted by Gasteiger charge is 2.27. The maximum Gasteiger partial charge on any atom is 0.256 e. The van der Waals surface area contributed by atoms with Crippen molar-refractivity contribution in [2.45, 2.75) is 45.6 Å². The lowest BCUT2D eigenvalue weighted by Gasteiger charge is -2.27. The molecule has 6 heteroatoms. The average molecular weight is 415 g/mol. The smallest absolute Gasteiger partial charge is 0.256 e. The third kappa shape index (κ3) is 3.42. The Morgan fingerprint density at radius 2 is 1.94 bits per heavy atom. The lowest BCUT2D eigenvalue weighted by Crippen LogP contribution is -2.25. The van der Waals surface area contributed by atoms with Crippen molar-refractivity contribution in [2.75, 3.05) is 16.8 Å². The second-order valence-corrected chi connectivity index (χ2v) is 8.45. The van der Waals surface area contributed by atoms with Crippen LogP contribution in [0.25, 0.3) is 0 Å². The zero-order chi connectivity index (χ0) is 21.5. The van der Waals surface area contributed by atoms with Gasteiger partial charge < -0.3 is 10.2 Å². The van der Waals surface area contributed by atoms with E-state index in [-0.39, 0.29) is 17.9 Å². The Morgan fingerprint density at radius 1 is 1.10 bits per heavy atom. The van der Waals surface area contributed by atoms with Gasteiger partial charge in [-0.3, -0.25) is 9.59 Å². The van der Waals surface area contributed by atoms with Gasteiger partial charge in [0.25, 0.3) is 5.91 Å². The summed E-state index contributed by atoms with van der Waals surface area (Å²) in [4.78, 5) is 26.7. The Bertz CT molecular complexity index is 1180. The molecule has 2 aromatic carbocycles.